The van der Waals surface area contributed by atoms with E-state index in [-0.39, 0.29) is 22.7 Å². The Bertz CT molecular complexity index is 683. The van der Waals surface area contributed by atoms with Gasteiger partial charge in [-0.3, -0.25) is 0 Å². The van der Waals surface area contributed by atoms with Crippen molar-refractivity contribution in [3.8, 4) is 0 Å². The lowest BCUT2D eigenvalue weighted by Crippen LogP contribution is -2.54. The van der Waals surface area contributed by atoms with Crippen LogP contribution in [0.2, 0.25) is 0 Å². The number of aliphatic hydroxyl groups is 4. The molecule has 5 heteroatoms. The molecule has 4 fully saturated rings. The van der Waals surface area contributed by atoms with Crippen LogP contribution >= 0.6 is 0 Å². The summed E-state index contributed by atoms with van der Waals surface area (Å²) < 4.78 is 6.29. The second kappa shape index (κ2) is 9.35. The average molecular weight is 467 g/mol. The zero-order chi connectivity index (χ0) is 24.3. The fourth-order valence-corrected chi connectivity index (χ4v) is 9.03. The molecule has 0 bridgehead atoms. The molecule has 5 nitrogen and oxygen atoms in total. The van der Waals surface area contributed by atoms with Gasteiger partial charge >= 0.3 is 0 Å². The number of fused-ring (bicyclic) bond motifs is 5. The van der Waals surface area contributed by atoms with E-state index in [0.29, 0.717) is 55.0 Å². The van der Waals surface area contributed by atoms with Crippen LogP contribution in [0.3, 0.4) is 0 Å². The van der Waals surface area contributed by atoms with Gasteiger partial charge in [-0.05, 0) is 96.7 Å². The largest absolute Gasteiger partial charge is 0.390 e. The number of ether oxygens (including phenoxy) is 1. The maximum atomic E-state index is 11.2. The molecule has 0 aromatic rings. The normalized spacial score (nSPS) is 49.4. The zero-order valence-corrected chi connectivity index (χ0v) is 21.8. The van der Waals surface area contributed by atoms with E-state index in [0.717, 1.165) is 32.3 Å². The van der Waals surface area contributed by atoms with E-state index in [1.165, 1.54) is 0 Å². The van der Waals surface area contributed by atoms with Crippen LogP contribution in [0, 0.1) is 58.2 Å². The van der Waals surface area contributed by atoms with Crippen LogP contribution in [-0.2, 0) is 4.74 Å². The van der Waals surface area contributed by atoms with Crippen LogP contribution in [0.4, 0.5) is 0 Å². The van der Waals surface area contributed by atoms with Gasteiger partial charge in [0.05, 0.1) is 31.0 Å². The fraction of sp³-hybridized carbons (Fsp3) is 1.00. The van der Waals surface area contributed by atoms with Crippen molar-refractivity contribution in [1.29, 1.82) is 0 Å². The van der Waals surface area contributed by atoms with Crippen LogP contribution in [0.25, 0.3) is 0 Å². The zero-order valence-electron chi connectivity index (χ0n) is 21.8. The Morgan fingerprint density at radius 3 is 2.15 bits per heavy atom. The molecular weight excluding hydrogens is 416 g/mol. The monoisotopic (exact) mass is 466 g/mol. The molecule has 3 saturated carbocycles. The van der Waals surface area contributed by atoms with Crippen molar-refractivity contribution in [2.45, 2.75) is 104 Å². The number of aliphatic hydroxyl groups excluding tert-OH is 4. The number of rotatable bonds is 5. The van der Waals surface area contributed by atoms with Gasteiger partial charge in [-0.15, -0.1) is 0 Å². The van der Waals surface area contributed by atoms with Gasteiger partial charge in [0.1, 0.15) is 0 Å². The molecule has 192 valence electrons. The van der Waals surface area contributed by atoms with Crippen LogP contribution in [-0.4, -0.2) is 58.1 Å². The van der Waals surface area contributed by atoms with Crippen molar-refractivity contribution in [1.82, 2.24) is 0 Å². The average Bonchev–Trinajstić information content (AvgIpc) is 3.05. The van der Waals surface area contributed by atoms with Crippen LogP contribution in [0.1, 0.15) is 80.1 Å². The first-order valence-electron chi connectivity index (χ1n) is 13.7. The summed E-state index contributed by atoms with van der Waals surface area (Å²) in [7, 11) is 0. The first kappa shape index (κ1) is 25.9. The van der Waals surface area contributed by atoms with Gasteiger partial charge in [0, 0.05) is 6.61 Å². The molecular formula is C28H50O5. The van der Waals surface area contributed by atoms with Gasteiger partial charge in [-0.2, -0.15) is 0 Å². The Hall–Kier alpha value is -0.200. The summed E-state index contributed by atoms with van der Waals surface area (Å²) >= 11 is 0. The van der Waals surface area contributed by atoms with Crippen molar-refractivity contribution in [3.05, 3.63) is 0 Å². The highest BCUT2D eigenvalue weighted by atomic mass is 16.5. The highest BCUT2D eigenvalue weighted by Gasteiger charge is 2.61. The first-order valence-corrected chi connectivity index (χ1v) is 13.7. The van der Waals surface area contributed by atoms with E-state index >= 15 is 0 Å². The van der Waals surface area contributed by atoms with E-state index in [1.54, 1.807) is 0 Å². The highest BCUT2D eigenvalue weighted by molar-refractivity contribution is 5.10. The molecule has 0 spiro atoms. The highest BCUT2D eigenvalue weighted by Crippen LogP contribution is 2.66. The molecule has 4 rings (SSSR count). The summed E-state index contributed by atoms with van der Waals surface area (Å²) in [6.45, 7) is 14.7. The minimum atomic E-state index is -0.692. The van der Waals surface area contributed by atoms with Crippen molar-refractivity contribution < 1.29 is 25.2 Å². The Morgan fingerprint density at radius 1 is 0.818 bits per heavy atom. The Balaban J connectivity index is 1.54. The minimum absolute atomic E-state index is 0.00719. The van der Waals surface area contributed by atoms with Crippen molar-refractivity contribution in [3.63, 3.8) is 0 Å². The van der Waals surface area contributed by atoms with Gasteiger partial charge in [0.15, 0.2) is 0 Å². The second-order valence-corrected chi connectivity index (χ2v) is 13.4. The van der Waals surface area contributed by atoms with Crippen LogP contribution in [0.15, 0.2) is 0 Å². The van der Waals surface area contributed by atoms with E-state index in [4.69, 9.17) is 4.74 Å². The lowest BCUT2D eigenvalue weighted by atomic mass is 9.48. The van der Waals surface area contributed by atoms with E-state index in [9.17, 15) is 20.4 Å². The van der Waals surface area contributed by atoms with E-state index < -0.39 is 24.4 Å². The van der Waals surface area contributed by atoms with Crippen molar-refractivity contribution in [2.24, 2.45) is 58.2 Å². The smallest absolute Gasteiger partial charge is 0.0830 e. The lowest BCUT2D eigenvalue weighted by Gasteiger charge is -2.56. The van der Waals surface area contributed by atoms with Crippen LogP contribution < -0.4 is 0 Å². The second-order valence-electron chi connectivity index (χ2n) is 13.4. The van der Waals surface area contributed by atoms with Crippen molar-refractivity contribution >= 4 is 0 Å². The maximum absolute atomic E-state index is 11.2. The maximum Gasteiger partial charge on any atom is 0.0830 e. The van der Waals surface area contributed by atoms with E-state index in [1.807, 2.05) is 6.92 Å². The molecule has 13 atom stereocenters. The summed E-state index contributed by atoms with van der Waals surface area (Å²) in [6, 6.07) is 0. The predicted molar refractivity (Wildman–Crippen MR) is 129 cm³/mol. The Labute approximate surface area is 201 Å². The summed E-state index contributed by atoms with van der Waals surface area (Å²) in [4.78, 5) is 0. The number of hydrogen-bond donors (Lipinski definition) is 4. The predicted octanol–water partition coefficient (Wildman–Crippen LogP) is 3.86. The molecule has 1 aliphatic heterocycles. The molecule has 1 heterocycles. The minimum Gasteiger partial charge on any atom is -0.390 e. The third-order valence-electron chi connectivity index (χ3n) is 11.7. The Morgan fingerprint density at radius 2 is 1.48 bits per heavy atom. The van der Waals surface area contributed by atoms with Crippen molar-refractivity contribution in [2.75, 3.05) is 13.2 Å². The fourth-order valence-electron chi connectivity index (χ4n) is 9.03. The quantitative estimate of drug-likeness (QED) is 0.494. The summed E-state index contributed by atoms with van der Waals surface area (Å²) in [5.74, 6) is 2.71. The molecule has 0 radical (unpaired) electrons. The topological polar surface area (TPSA) is 90.2 Å². The SMILES string of the molecule is CC(C)[C@H](C)[C@@H](O)[C@H](O)[C@@H](C)[C@H]1CC[C@H]2[C@@H]3COC[C@H]4C[C@H](O)[C@H](O)C[C@]4(C)[C@H]3CC[C@]12C. The molecule has 33 heavy (non-hydrogen) atoms. The third-order valence-corrected chi connectivity index (χ3v) is 11.7. The molecule has 4 N–H and O–H groups in total. The van der Waals surface area contributed by atoms with Crippen LogP contribution in [0.5, 0.6) is 0 Å². The van der Waals surface area contributed by atoms with Gasteiger partial charge in [0.2, 0.25) is 0 Å². The molecule has 3 aliphatic carbocycles. The molecule has 0 aromatic carbocycles. The first-order chi connectivity index (χ1) is 15.4. The van der Waals surface area contributed by atoms with Gasteiger partial charge in [-0.1, -0.05) is 41.5 Å². The van der Waals surface area contributed by atoms with Gasteiger partial charge in [-0.25, -0.2) is 0 Å². The van der Waals surface area contributed by atoms with Gasteiger partial charge < -0.3 is 25.2 Å². The molecule has 4 aliphatic rings. The van der Waals surface area contributed by atoms with Gasteiger partial charge in [0.25, 0.3) is 0 Å². The summed E-state index contributed by atoms with van der Waals surface area (Å²) in [6.07, 6.45) is 3.20. The standard InChI is InChI=1S/C28H50O5/c1-15(2)16(3)25(31)26(32)17(4)20-7-8-21-19-14-33-13-18-11-23(29)24(30)12-28(18,6)22(19)9-10-27(20,21)5/h15-26,29-32H,7-14H2,1-6H3/t16-,17-,18+,19-,20+,21-,22-,23-,24+,25+,26+,27+,28-/m0/s1. The van der Waals surface area contributed by atoms with E-state index in [2.05, 4.69) is 34.6 Å². The third kappa shape index (κ3) is 4.22. The molecule has 0 amide bonds. The number of hydrogen-bond acceptors (Lipinski definition) is 5. The summed E-state index contributed by atoms with van der Waals surface area (Å²) in [5, 5.41) is 43.0. The molecule has 0 unspecified atom stereocenters. The molecule has 0 aromatic heterocycles. The Kier molecular flexibility index (Phi) is 7.33. The summed E-state index contributed by atoms with van der Waals surface area (Å²) in [5.41, 5.74) is 0.155. The molecule has 1 saturated heterocycles. The lowest BCUT2D eigenvalue weighted by molar-refractivity contribution is -0.130.